The van der Waals surface area contributed by atoms with E-state index in [1.165, 1.54) is 0 Å². The van der Waals surface area contributed by atoms with Gasteiger partial charge in [0, 0.05) is 6.20 Å². The lowest BCUT2D eigenvalue weighted by Gasteiger charge is -2.12. The highest BCUT2D eigenvalue weighted by Crippen LogP contribution is 2.29. The maximum atomic E-state index is 6.08. The minimum atomic E-state index is 0.312. The van der Waals surface area contributed by atoms with Crippen molar-refractivity contribution in [3.63, 3.8) is 0 Å². The molecular weight excluding hydrogens is 286 g/mol. The maximum absolute atomic E-state index is 6.08. The molecule has 2 heterocycles. The predicted octanol–water partition coefficient (Wildman–Crippen LogP) is 3.78. The Balaban J connectivity index is 2.36. The van der Waals surface area contributed by atoms with E-state index >= 15 is 0 Å². The summed E-state index contributed by atoms with van der Waals surface area (Å²) in [6.45, 7) is 4.04. The van der Waals surface area contributed by atoms with E-state index in [4.69, 9.17) is 16.3 Å². The van der Waals surface area contributed by atoms with Crippen LogP contribution in [0, 0.1) is 13.8 Å². The third-order valence-corrected chi connectivity index (χ3v) is 3.64. The summed E-state index contributed by atoms with van der Waals surface area (Å²) in [6, 6.07) is 8.02. The fourth-order valence-electron chi connectivity index (χ4n) is 2.43. The smallest absolute Gasteiger partial charge is 0.164 e. The van der Waals surface area contributed by atoms with Gasteiger partial charge in [-0.1, -0.05) is 6.07 Å². The van der Waals surface area contributed by atoms with Gasteiger partial charge in [-0.2, -0.15) is 0 Å². The molecule has 0 spiro atoms. The number of rotatable bonds is 3. The van der Waals surface area contributed by atoms with Crippen molar-refractivity contribution < 1.29 is 4.74 Å². The van der Waals surface area contributed by atoms with E-state index in [0.29, 0.717) is 5.88 Å². The normalized spacial score (nSPS) is 11.0. The van der Waals surface area contributed by atoms with Gasteiger partial charge in [0.1, 0.15) is 17.1 Å². The number of pyridine rings is 1. The van der Waals surface area contributed by atoms with Gasteiger partial charge < -0.3 is 4.74 Å². The first kappa shape index (κ1) is 13.9. The molecule has 0 amide bonds. The molecule has 21 heavy (non-hydrogen) atoms. The number of aromatic nitrogens is 3. The molecule has 0 saturated heterocycles. The van der Waals surface area contributed by atoms with Crippen LogP contribution in [0.2, 0.25) is 0 Å². The molecule has 0 N–H and O–H groups in total. The van der Waals surface area contributed by atoms with E-state index in [2.05, 4.69) is 16.0 Å². The van der Waals surface area contributed by atoms with Crippen molar-refractivity contribution in [2.24, 2.45) is 0 Å². The van der Waals surface area contributed by atoms with Crippen LogP contribution in [0.4, 0.5) is 0 Å². The molecule has 0 bridgehead atoms. The number of imidazole rings is 1. The zero-order valence-electron chi connectivity index (χ0n) is 12.2. The van der Waals surface area contributed by atoms with Gasteiger partial charge in [0.15, 0.2) is 5.65 Å². The minimum absolute atomic E-state index is 0.312. The molecule has 0 aliphatic carbocycles. The molecule has 0 aliphatic heterocycles. The zero-order valence-corrected chi connectivity index (χ0v) is 13.0. The highest BCUT2D eigenvalue weighted by Gasteiger charge is 2.16. The Bertz CT molecular complexity index is 811. The van der Waals surface area contributed by atoms with Crippen molar-refractivity contribution in [1.82, 2.24) is 14.5 Å². The van der Waals surface area contributed by atoms with E-state index < -0.39 is 0 Å². The van der Waals surface area contributed by atoms with Crippen LogP contribution in [0.1, 0.15) is 17.0 Å². The fourth-order valence-corrected chi connectivity index (χ4v) is 2.61. The Morgan fingerprint density at radius 2 is 2.00 bits per heavy atom. The van der Waals surface area contributed by atoms with Crippen molar-refractivity contribution in [3.8, 4) is 11.4 Å². The SMILES string of the molecule is COc1ccc(C)cc1-n1c(CCl)nc2cc(C)cnc21. The Kier molecular flexibility index (Phi) is 3.55. The molecule has 3 rings (SSSR count). The lowest BCUT2D eigenvalue weighted by Crippen LogP contribution is -2.03. The van der Waals surface area contributed by atoms with Crippen LogP contribution in [0.15, 0.2) is 30.5 Å². The second kappa shape index (κ2) is 5.37. The van der Waals surface area contributed by atoms with Crippen LogP contribution in [0.5, 0.6) is 5.75 Å². The van der Waals surface area contributed by atoms with E-state index in [1.54, 1.807) is 7.11 Å². The lowest BCUT2D eigenvalue weighted by molar-refractivity contribution is 0.412. The summed E-state index contributed by atoms with van der Waals surface area (Å²) in [5.41, 5.74) is 4.76. The molecule has 5 heteroatoms. The maximum Gasteiger partial charge on any atom is 0.164 e. The lowest BCUT2D eigenvalue weighted by atomic mass is 10.2. The van der Waals surface area contributed by atoms with Crippen LogP contribution >= 0.6 is 11.6 Å². The first-order valence-electron chi connectivity index (χ1n) is 6.69. The van der Waals surface area contributed by atoms with Crippen LogP contribution in [0.3, 0.4) is 0 Å². The number of aryl methyl sites for hydroxylation is 2. The van der Waals surface area contributed by atoms with E-state index in [-0.39, 0.29) is 0 Å². The average molecular weight is 302 g/mol. The number of benzene rings is 1. The molecule has 108 valence electrons. The van der Waals surface area contributed by atoms with Gasteiger partial charge in [-0.15, -0.1) is 11.6 Å². The van der Waals surface area contributed by atoms with Crippen molar-refractivity contribution >= 4 is 22.8 Å². The molecule has 2 aromatic heterocycles. The highest BCUT2D eigenvalue weighted by molar-refractivity contribution is 6.17. The van der Waals surface area contributed by atoms with E-state index in [9.17, 15) is 0 Å². The minimum Gasteiger partial charge on any atom is -0.495 e. The standard InChI is InChI=1S/C16H16ClN3O/c1-10-4-5-14(21-3)13(7-10)20-15(8-17)19-12-6-11(2)9-18-16(12)20/h4-7,9H,8H2,1-3H3. The summed E-state index contributed by atoms with van der Waals surface area (Å²) < 4.78 is 7.44. The number of methoxy groups -OCH3 is 1. The molecule has 0 fully saturated rings. The Labute approximate surface area is 128 Å². The zero-order chi connectivity index (χ0) is 15.0. The Morgan fingerprint density at radius 3 is 2.71 bits per heavy atom. The fraction of sp³-hybridized carbons (Fsp3) is 0.250. The van der Waals surface area contributed by atoms with Gasteiger partial charge in [-0.3, -0.25) is 4.57 Å². The van der Waals surface area contributed by atoms with Crippen LogP contribution in [0.25, 0.3) is 16.9 Å². The number of fused-ring (bicyclic) bond motifs is 1. The molecule has 0 saturated carbocycles. The van der Waals surface area contributed by atoms with Gasteiger partial charge in [-0.05, 0) is 43.2 Å². The topological polar surface area (TPSA) is 39.9 Å². The van der Waals surface area contributed by atoms with Gasteiger partial charge in [0.05, 0.1) is 18.7 Å². The quantitative estimate of drug-likeness (QED) is 0.691. The van der Waals surface area contributed by atoms with Crippen molar-refractivity contribution in [1.29, 1.82) is 0 Å². The largest absolute Gasteiger partial charge is 0.495 e. The molecule has 3 aromatic rings. The molecule has 1 aromatic carbocycles. The first-order valence-corrected chi connectivity index (χ1v) is 7.22. The average Bonchev–Trinajstić information content (AvgIpc) is 2.84. The monoisotopic (exact) mass is 301 g/mol. The Morgan fingerprint density at radius 1 is 1.19 bits per heavy atom. The summed E-state index contributed by atoms with van der Waals surface area (Å²) in [4.78, 5) is 9.10. The summed E-state index contributed by atoms with van der Waals surface area (Å²) >= 11 is 6.08. The third kappa shape index (κ3) is 2.36. The highest BCUT2D eigenvalue weighted by atomic mass is 35.5. The van der Waals surface area contributed by atoms with E-state index in [0.717, 1.165) is 39.6 Å². The summed E-state index contributed by atoms with van der Waals surface area (Å²) in [5.74, 6) is 1.84. The summed E-state index contributed by atoms with van der Waals surface area (Å²) in [7, 11) is 1.66. The van der Waals surface area contributed by atoms with Crippen molar-refractivity contribution in [2.75, 3.05) is 7.11 Å². The molecule has 0 atom stereocenters. The van der Waals surface area contributed by atoms with Gasteiger partial charge in [0.25, 0.3) is 0 Å². The van der Waals surface area contributed by atoms with Gasteiger partial charge in [0.2, 0.25) is 0 Å². The first-order chi connectivity index (χ1) is 10.1. The van der Waals surface area contributed by atoms with Crippen LogP contribution in [-0.2, 0) is 5.88 Å². The Hall–Kier alpha value is -2.07. The van der Waals surface area contributed by atoms with Gasteiger partial charge >= 0.3 is 0 Å². The van der Waals surface area contributed by atoms with Crippen molar-refractivity contribution in [2.45, 2.75) is 19.7 Å². The molecule has 0 unspecified atom stereocenters. The number of ether oxygens (including phenoxy) is 1. The molecule has 4 nitrogen and oxygen atoms in total. The molecular formula is C16H16ClN3O. The van der Waals surface area contributed by atoms with Crippen molar-refractivity contribution in [3.05, 3.63) is 47.4 Å². The second-order valence-corrected chi connectivity index (χ2v) is 5.30. The van der Waals surface area contributed by atoms with E-state index in [1.807, 2.05) is 42.8 Å². The summed E-state index contributed by atoms with van der Waals surface area (Å²) in [6.07, 6.45) is 1.83. The second-order valence-electron chi connectivity index (χ2n) is 5.03. The summed E-state index contributed by atoms with van der Waals surface area (Å²) in [5, 5.41) is 0. The molecule has 0 radical (unpaired) electrons. The third-order valence-electron chi connectivity index (χ3n) is 3.40. The number of hydrogen-bond donors (Lipinski definition) is 0. The number of alkyl halides is 1. The van der Waals surface area contributed by atoms with Crippen LogP contribution in [-0.4, -0.2) is 21.6 Å². The molecule has 0 aliphatic rings. The number of nitrogens with zero attached hydrogens (tertiary/aromatic N) is 3. The number of halogens is 1. The van der Waals surface area contributed by atoms with Crippen LogP contribution < -0.4 is 4.74 Å². The van der Waals surface area contributed by atoms with Gasteiger partial charge in [-0.25, -0.2) is 9.97 Å². The predicted molar refractivity (Wildman–Crippen MR) is 84.4 cm³/mol. The number of hydrogen-bond acceptors (Lipinski definition) is 3.